The lowest BCUT2D eigenvalue weighted by Crippen LogP contribution is -2.51. The van der Waals surface area contributed by atoms with Crippen molar-refractivity contribution in [2.24, 2.45) is 0 Å². The van der Waals surface area contributed by atoms with Crippen molar-refractivity contribution in [2.45, 2.75) is 192 Å². The van der Waals surface area contributed by atoms with E-state index < -0.39 is 35.7 Å². The third kappa shape index (κ3) is 20.6. The Labute approximate surface area is 371 Å². The van der Waals surface area contributed by atoms with E-state index in [9.17, 15) is 14.7 Å². The third-order valence-electron chi connectivity index (χ3n) is 11.7. The number of benzene rings is 3. The highest BCUT2D eigenvalue weighted by molar-refractivity contribution is 5.83. The number of unbranched alkanes of at least 4 members (excludes halogenated alkanes) is 19. The summed E-state index contributed by atoms with van der Waals surface area (Å²) in [5.41, 5.74) is 1.74. The van der Waals surface area contributed by atoms with Crippen molar-refractivity contribution in [3.63, 3.8) is 0 Å². The molecule has 0 radical (unpaired) electrons. The summed E-state index contributed by atoms with van der Waals surface area (Å²) in [6.07, 6.45) is 33.0. The zero-order valence-electron chi connectivity index (χ0n) is 38.3. The summed E-state index contributed by atoms with van der Waals surface area (Å²) < 4.78 is 12.7. The highest BCUT2D eigenvalue weighted by Crippen LogP contribution is 2.40. The van der Waals surface area contributed by atoms with Gasteiger partial charge in [-0.05, 0) is 55.2 Å². The number of amides is 1. The molecule has 0 spiro atoms. The molecule has 0 aromatic heterocycles. The summed E-state index contributed by atoms with van der Waals surface area (Å²) in [5, 5.41) is 14.9. The smallest absolute Gasteiger partial charge is 0.303 e. The van der Waals surface area contributed by atoms with Gasteiger partial charge in [-0.2, -0.15) is 0 Å². The Kier molecular flexibility index (Phi) is 27.5. The number of aliphatic hydroxyl groups is 1. The number of hydrogen-bond acceptors (Lipinski definition) is 5. The van der Waals surface area contributed by atoms with Gasteiger partial charge in [-0.25, -0.2) is 0 Å². The van der Waals surface area contributed by atoms with E-state index in [1.807, 2.05) is 60.7 Å². The highest BCUT2D eigenvalue weighted by atomic mass is 16.5. The van der Waals surface area contributed by atoms with Crippen molar-refractivity contribution in [1.82, 2.24) is 5.32 Å². The average Bonchev–Trinajstić information content (AvgIpc) is 3.28. The molecule has 61 heavy (non-hydrogen) atoms. The molecule has 3 rings (SSSR count). The molecule has 0 aliphatic rings. The molecule has 3 aromatic carbocycles. The minimum Gasteiger partial charge on any atom is -0.452 e. The Balaban J connectivity index is 1.73. The molecule has 2 N–H and O–H groups in total. The Morgan fingerprint density at radius 3 is 1.44 bits per heavy atom. The van der Waals surface area contributed by atoms with Gasteiger partial charge in [0.15, 0.2) is 6.10 Å². The van der Waals surface area contributed by atoms with Crippen LogP contribution in [0.2, 0.25) is 0 Å². The van der Waals surface area contributed by atoms with Gasteiger partial charge in [0.05, 0.1) is 18.8 Å². The van der Waals surface area contributed by atoms with E-state index in [0.717, 1.165) is 55.2 Å². The molecule has 0 fully saturated rings. The van der Waals surface area contributed by atoms with E-state index in [-0.39, 0.29) is 6.61 Å². The summed E-state index contributed by atoms with van der Waals surface area (Å²) in [7, 11) is 0. The monoisotopic (exact) mass is 836 g/mol. The maximum atomic E-state index is 14.1. The fraction of sp³-hybridized carbons (Fsp3) is 0.564. The molecule has 6 nitrogen and oxygen atoms in total. The first-order valence-corrected chi connectivity index (χ1v) is 24.2. The quantitative estimate of drug-likeness (QED) is 0.0267. The molecule has 6 heteroatoms. The number of rotatable bonds is 35. The van der Waals surface area contributed by atoms with Gasteiger partial charge in [0.1, 0.15) is 5.60 Å². The van der Waals surface area contributed by atoms with E-state index in [0.29, 0.717) is 6.42 Å². The topological polar surface area (TPSA) is 84.9 Å². The highest BCUT2D eigenvalue weighted by Gasteiger charge is 2.39. The number of hydrogen-bond donors (Lipinski definition) is 2. The second-order valence-corrected chi connectivity index (χ2v) is 16.9. The predicted octanol–water partition coefficient (Wildman–Crippen LogP) is 13.9. The number of carbonyl (C=O) groups is 2. The molecule has 0 saturated carbocycles. The molecule has 0 bridgehead atoms. The maximum Gasteiger partial charge on any atom is 0.303 e. The molecule has 0 aliphatic carbocycles. The lowest BCUT2D eigenvalue weighted by atomic mass is 9.80. The lowest BCUT2D eigenvalue weighted by molar-refractivity contribution is -0.155. The van der Waals surface area contributed by atoms with E-state index in [1.54, 1.807) is 6.08 Å². The number of allylic oxidation sites excluding steroid dienone is 3. The van der Waals surface area contributed by atoms with Gasteiger partial charge >= 0.3 is 5.97 Å². The Hall–Kier alpha value is -4.00. The Morgan fingerprint density at radius 1 is 0.574 bits per heavy atom. The molecule has 0 saturated heterocycles. The second kappa shape index (κ2) is 32.7. The van der Waals surface area contributed by atoms with Crippen LogP contribution < -0.4 is 5.32 Å². The fourth-order valence-corrected chi connectivity index (χ4v) is 8.12. The molecule has 0 heterocycles. The molecule has 336 valence electrons. The number of esters is 1. The summed E-state index contributed by atoms with van der Waals surface area (Å²) in [6, 6.07) is 29.4. The van der Waals surface area contributed by atoms with Crippen molar-refractivity contribution in [2.75, 3.05) is 6.61 Å². The van der Waals surface area contributed by atoms with Crippen LogP contribution in [0.4, 0.5) is 0 Å². The fourth-order valence-electron chi connectivity index (χ4n) is 8.12. The van der Waals surface area contributed by atoms with Gasteiger partial charge in [0.25, 0.3) is 5.91 Å². The molecular weight excluding hydrogens is 755 g/mol. The largest absolute Gasteiger partial charge is 0.452 e. The first-order valence-electron chi connectivity index (χ1n) is 24.2. The Morgan fingerprint density at radius 2 is 0.984 bits per heavy atom. The van der Waals surface area contributed by atoms with Gasteiger partial charge in [-0.1, -0.05) is 238 Å². The van der Waals surface area contributed by atoms with Gasteiger partial charge in [0, 0.05) is 6.92 Å². The molecular formula is C55H81NO5. The van der Waals surface area contributed by atoms with E-state index >= 15 is 0 Å². The molecule has 0 aliphatic heterocycles. The van der Waals surface area contributed by atoms with E-state index in [2.05, 4.69) is 67.7 Å². The Bertz CT molecular complexity index is 1490. The van der Waals surface area contributed by atoms with Gasteiger partial charge in [-0.15, -0.1) is 0 Å². The summed E-state index contributed by atoms with van der Waals surface area (Å²) in [4.78, 5) is 26.3. The van der Waals surface area contributed by atoms with Gasteiger partial charge in [-0.3, -0.25) is 9.59 Å². The summed E-state index contributed by atoms with van der Waals surface area (Å²) in [6.45, 7) is 5.84. The van der Waals surface area contributed by atoms with Crippen molar-refractivity contribution in [3.8, 4) is 0 Å². The predicted molar refractivity (Wildman–Crippen MR) is 254 cm³/mol. The van der Waals surface area contributed by atoms with Crippen molar-refractivity contribution >= 4 is 11.9 Å². The van der Waals surface area contributed by atoms with Crippen LogP contribution in [0.25, 0.3) is 0 Å². The number of carbonyl (C=O) groups excluding carboxylic acids is 2. The van der Waals surface area contributed by atoms with Crippen molar-refractivity contribution in [3.05, 3.63) is 132 Å². The van der Waals surface area contributed by atoms with Crippen LogP contribution in [-0.2, 0) is 24.7 Å². The average molecular weight is 836 g/mol. The lowest BCUT2D eigenvalue weighted by Gasteiger charge is -2.38. The minimum atomic E-state index is -1.05. The summed E-state index contributed by atoms with van der Waals surface area (Å²) in [5.74, 6) is -0.916. The van der Waals surface area contributed by atoms with Crippen LogP contribution in [0.3, 0.4) is 0 Å². The number of aliphatic hydroxyl groups excluding tert-OH is 1. The molecule has 1 amide bonds. The SMILES string of the molecule is CCCCCCCCC/C=C\CC/C=C/[C@@H](O)[C@H](COC(c1ccccc1)(c1ccccc1)c1ccccc1)NC(=O)[C@@H](CCCCCCCCCCCCCC)OC(C)=O. The van der Waals surface area contributed by atoms with E-state index in [4.69, 9.17) is 9.47 Å². The van der Waals surface area contributed by atoms with Crippen LogP contribution in [0.15, 0.2) is 115 Å². The van der Waals surface area contributed by atoms with Crippen molar-refractivity contribution in [1.29, 1.82) is 0 Å². The van der Waals surface area contributed by atoms with Crippen LogP contribution in [0, 0.1) is 0 Å². The van der Waals surface area contributed by atoms with Crippen LogP contribution in [0.1, 0.15) is 185 Å². The van der Waals surface area contributed by atoms with Gasteiger partial charge in [0.2, 0.25) is 0 Å². The van der Waals surface area contributed by atoms with Crippen LogP contribution in [0.5, 0.6) is 0 Å². The second-order valence-electron chi connectivity index (χ2n) is 16.9. The summed E-state index contributed by atoms with van der Waals surface area (Å²) >= 11 is 0. The molecule has 3 atom stereocenters. The van der Waals surface area contributed by atoms with Crippen molar-refractivity contribution < 1.29 is 24.2 Å². The maximum absolute atomic E-state index is 14.1. The number of nitrogens with one attached hydrogen (secondary N) is 1. The number of ether oxygens (including phenoxy) is 2. The zero-order chi connectivity index (χ0) is 43.6. The standard InChI is InChI=1S/C55H81NO5/c1-4-6-8-10-12-14-16-18-19-21-23-25-36-44-52(58)51(56-54(59)53(61-47(3)57)45-37-26-24-22-20-17-15-13-11-9-7-5-2)46-60-55(48-38-30-27-31-39-48,49-40-32-28-33-41-49)50-42-34-29-35-43-50/h19,21,27-36,38-44,51-53,58H,4-18,20,22-26,37,45-46H2,1-3H3,(H,56,59)/b21-19-,44-36+/t51-,52+,53+/m0/s1. The molecule has 3 aromatic rings. The van der Waals surface area contributed by atoms with Crippen LogP contribution in [-0.4, -0.2) is 41.8 Å². The first kappa shape index (κ1) is 51.4. The molecule has 0 unspecified atom stereocenters. The van der Waals surface area contributed by atoms with Gasteiger partial charge < -0.3 is 19.9 Å². The first-order chi connectivity index (χ1) is 29.9. The third-order valence-corrected chi connectivity index (χ3v) is 11.7. The van der Waals surface area contributed by atoms with Crippen LogP contribution >= 0.6 is 0 Å². The minimum absolute atomic E-state index is 0.0142. The van der Waals surface area contributed by atoms with E-state index in [1.165, 1.54) is 110 Å². The normalized spacial score (nSPS) is 13.4. The zero-order valence-corrected chi connectivity index (χ0v) is 38.3.